The van der Waals surface area contributed by atoms with Gasteiger partial charge in [0.2, 0.25) is 0 Å². The molecule has 0 saturated heterocycles. The molecule has 1 aromatic carbocycles. The van der Waals surface area contributed by atoms with Crippen LogP contribution in [0.5, 0.6) is 0 Å². The summed E-state index contributed by atoms with van der Waals surface area (Å²) in [4.78, 5) is 0. The molecule has 3 N–H and O–H groups in total. The number of hydrogen-bond acceptors (Lipinski definition) is 3. The summed E-state index contributed by atoms with van der Waals surface area (Å²) in [5.74, 6) is 0. The highest BCUT2D eigenvalue weighted by atomic mass is 14.9. The summed E-state index contributed by atoms with van der Waals surface area (Å²) in [6.07, 6.45) is 0. The predicted octanol–water partition coefficient (Wildman–Crippen LogP) is 2.35. The van der Waals surface area contributed by atoms with Gasteiger partial charge in [0.05, 0.1) is 5.56 Å². The Morgan fingerprint density at radius 2 is 2.00 bits per heavy atom. The van der Waals surface area contributed by atoms with Gasteiger partial charge in [-0.15, -0.1) is 0 Å². The second-order valence-corrected chi connectivity index (χ2v) is 4.29. The molecule has 0 atom stereocenters. The van der Waals surface area contributed by atoms with Gasteiger partial charge in [0.1, 0.15) is 6.07 Å². The molecule has 0 unspecified atom stereocenters. The summed E-state index contributed by atoms with van der Waals surface area (Å²) in [6.45, 7) is 6.19. The number of benzene rings is 1. The SMILES string of the molecule is CC(C)(C)Nc1ccc(N)c(C#N)c1. The zero-order chi connectivity index (χ0) is 10.8. The summed E-state index contributed by atoms with van der Waals surface area (Å²) >= 11 is 0. The molecule has 0 amide bonds. The van der Waals surface area contributed by atoms with Crippen molar-refractivity contribution in [1.82, 2.24) is 0 Å². The molecule has 1 rings (SSSR count). The minimum absolute atomic E-state index is 0.0111. The average Bonchev–Trinajstić information content (AvgIpc) is 2.06. The molecule has 74 valence electrons. The van der Waals surface area contributed by atoms with E-state index in [9.17, 15) is 0 Å². The van der Waals surface area contributed by atoms with Gasteiger partial charge in [0.25, 0.3) is 0 Å². The maximum Gasteiger partial charge on any atom is 0.101 e. The van der Waals surface area contributed by atoms with Crippen LogP contribution in [-0.2, 0) is 0 Å². The minimum atomic E-state index is -0.0111. The van der Waals surface area contributed by atoms with E-state index in [0.717, 1.165) is 5.69 Å². The molecular weight excluding hydrogens is 174 g/mol. The van der Waals surface area contributed by atoms with Crippen LogP contribution in [0.2, 0.25) is 0 Å². The van der Waals surface area contributed by atoms with Crippen molar-refractivity contribution in [3.63, 3.8) is 0 Å². The molecule has 3 heteroatoms. The molecule has 3 nitrogen and oxygen atoms in total. The van der Waals surface area contributed by atoms with Gasteiger partial charge in [-0.25, -0.2) is 0 Å². The zero-order valence-corrected chi connectivity index (χ0v) is 8.76. The Morgan fingerprint density at radius 3 is 2.50 bits per heavy atom. The number of rotatable bonds is 1. The highest BCUT2D eigenvalue weighted by Crippen LogP contribution is 2.19. The molecular formula is C11H15N3. The first kappa shape index (κ1) is 10.4. The van der Waals surface area contributed by atoms with Crippen molar-refractivity contribution >= 4 is 11.4 Å². The van der Waals surface area contributed by atoms with Crippen LogP contribution >= 0.6 is 0 Å². The Morgan fingerprint density at radius 1 is 1.36 bits per heavy atom. The number of nitriles is 1. The van der Waals surface area contributed by atoms with E-state index in [0.29, 0.717) is 11.3 Å². The molecule has 0 aliphatic heterocycles. The number of nitrogens with two attached hydrogens (primary N) is 1. The van der Waals surface area contributed by atoms with Crippen molar-refractivity contribution in [3.8, 4) is 6.07 Å². The lowest BCUT2D eigenvalue weighted by molar-refractivity contribution is 0.634. The Labute approximate surface area is 84.5 Å². The lowest BCUT2D eigenvalue weighted by Crippen LogP contribution is -2.26. The number of nitrogens with one attached hydrogen (secondary N) is 1. The summed E-state index contributed by atoms with van der Waals surface area (Å²) < 4.78 is 0. The van der Waals surface area contributed by atoms with Crippen molar-refractivity contribution in [1.29, 1.82) is 5.26 Å². The van der Waals surface area contributed by atoms with Crippen LogP contribution in [0.25, 0.3) is 0 Å². The Balaban J connectivity index is 2.97. The lowest BCUT2D eigenvalue weighted by Gasteiger charge is -2.22. The molecule has 0 aliphatic carbocycles. The van der Waals surface area contributed by atoms with Crippen LogP contribution in [0, 0.1) is 11.3 Å². The summed E-state index contributed by atoms with van der Waals surface area (Å²) in [6, 6.07) is 7.44. The van der Waals surface area contributed by atoms with E-state index >= 15 is 0 Å². The smallest absolute Gasteiger partial charge is 0.101 e. The van der Waals surface area contributed by atoms with Crippen molar-refractivity contribution in [2.75, 3.05) is 11.1 Å². The monoisotopic (exact) mass is 189 g/mol. The molecule has 0 radical (unpaired) electrons. The first-order valence-corrected chi connectivity index (χ1v) is 4.50. The highest BCUT2D eigenvalue weighted by molar-refractivity contribution is 5.62. The Kier molecular flexibility index (Phi) is 2.66. The Bertz CT molecular complexity index is 369. The lowest BCUT2D eigenvalue weighted by atomic mass is 10.1. The summed E-state index contributed by atoms with van der Waals surface area (Å²) in [7, 11) is 0. The van der Waals surface area contributed by atoms with E-state index in [-0.39, 0.29) is 5.54 Å². The summed E-state index contributed by atoms with van der Waals surface area (Å²) in [5.41, 5.74) is 7.56. The maximum absolute atomic E-state index is 8.78. The zero-order valence-electron chi connectivity index (χ0n) is 8.76. The Hall–Kier alpha value is -1.69. The number of nitrogens with zero attached hydrogens (tertiary/aromatic N) is 1. The van der Waals surface area contributed by atoms with E-state index in [1.54, 1.807) is 12.1 Å². The van der Waals surface area contributed by atoms with E-state index in [1.165, 1.54) is 0 Å². The van der Waals surface area contributed by atoms with Crippen LogP contribution in [0.4, 0.5) is 11.4 Å². The second kappa shape index (κ2) is 3.59. The highest BCUT2D eigenvalue weighted by Gasteiger charge is 2.09. The summed E-state index contributed by atoms with van der Waals surface area (Å²) in [5, 5.41) is 12.1. The minimum Gasteiger partial charge on any atom is -0.398 e. The van der Waals surface area contributed by atoms with Gasteiger partial charge in [0.15, 0.2) is 0 Å². The number of anilines is 2. The van der Waals surface area contributed by atoms with Crippen LogP contribution in [-0.4, -0.2) is 5.54 Å². The standard InChI is InChI=1S/C11H15N3/c1-11(2,3)14-9-4-5-10(13)8(6-9)7-12/h4-6,14H,13H2,1-3H3. The molecule has 0 aliphatic rings. The van der Waals surface area contributed by atoms with Gasteiger partial charge in [-0.05, 0) is 39.0 Å². The van der Waals surface area contributed by atoms with Crippen LogP contribution < -0.4 is 11.1 Å². The van der Waals surface area contributed by atoms with Crippen molar-refractivity contribution in [2.24, 2.45) is 0 Å². The molecule has 1 aromatic rings. The van der Waals surface area contributed by atoms with Crippen molar-refractivity contribution < 1.29 is 0 Å². The van der Waals surface area contributed by atoms with Gasteiger partial charge >= 0.3 is 0 Å². The molecule has 0 fully saturated rings. The molecule has 14 heavy (non-hydrogen) atoms. The van der Waals surface area contributed by atoms with E-state index < -0.39 is 0 Å². The van der Waals surface area contributed by atoms with Gasteiger partial charge in [-0.1, -0.05) is 0 Å². The number of nitrogen functional groups attached to an aromatic ring is 1. The topological polar surface area (TPSA) is 61.8 Å². The fraction of sp³-hybridized carbons (Fsp3) is 0.364. The predicted molar refractivity (Wildman–Crippen MR) is 58.9 cm³/mol. The van der Waals surface area contributed by atoms with Gasteiger partial charge < -0.3 is 11.1 Å². The third-order valence-corrected chi connectivity index (χ3v) is 1.69. The molecule has 0 bridgehead atoms. The van der Waals surface area contributed by atoms with Crippen LogP contribution in [0.1, 0.15) is 26.3 Å². The fourth-order valence-corrected chi connectivity index (χ4v) is 1.16. The first-order valence-electron chi connectivity index (χ1n) is 4.50. The molecule has 0 aromatic heterocycles. The maximum atomic E-state index is 8.78. The molecule has 0 heterocycles. The average molecular weight is 189 g/mol. The van der Waals surface area contributed by atoms with Crippen molar-refractivity contribution in [2.45, 2.75) is 26.3 Å². The van der Waals surface area contributed by atoms with E-state index in [1.807, 2.05) is 6.07 Å². The van der Waals surface area contributed by atoms with Crippen LogP contribution in [0.3, 0.4) is 0 Å². The quantitative estimate of drug-likeness (QED) is 0.666. The van der Waals surface area contributed by atoms with E-state index in [2.05, 4.69) is 32.2 Å². The second-order valence-electron chi connectivity index (χ2n) is 4.29. The van der Waals surface area contributed by atoms with Gasteiger partial charge in [-0.3, -0.25) is 0 Å². The fourth-order valence-electron chi connectivity index (χ4n) is 1.16. The largest absolute Gasteiger partial charge is 0.398 e. The third-order valence-electron chi connectivity index (χ3n) is 1.69. The van der Waals surface area contributed by atoms with Crippen LogP contribution in [0.15, 0.2) is 18.2 Å². The van der Waals surface area contributed by atoms with Crippen molar-refractivity contribution in [3.05, 3.63) is 23.8 Å². The molecule has 0 spiro atoms. The normalized spacial score (nSPS) is 10.7. The number of hydrogen-bond donors (Lipinski definition) is 2. The van der Waals surface area contributed by atoms with E-state index in [4.69, 9.17) is 11.0 Å². The van der Waals surface area contributed by atoms with Gasteiger partial charge in [-0.2, -0.15) is 5.26 Å². The molecule has 0 saturated carbocycles. The first-order chi connectivity index (χ1) is 6.42. The third kappa shape index (κ3) is 2.67. The van der Waals surface area contributed by atoms with Gasteiger partial charge in [0, 0.05) is 16.9 Å².